The lowest BCUT2D eigenvalue weighted by Crippen LogP contribution is -2.14. The molecule has 0 aliphatic carbocycles. The number of carbonyl (C=O) groups excluding carboxylic acids is 1. The van der Waals surface area contributed by atoms with E-state index in [2.05, 4.69) is 4.98 Å². The van der Waals surface area contributed by atoms with E-state index in [1.807, 2.05) is 0 Å². The van der Waals surface area contributed by atoms with Crippen molar-refractivity contribution < 1.29 is 13.9 Å². The third kappa shape index (κ3) is 2.65. The molecule has 82 valence electrons. The van der Waals surface area contributed by atoms with Crippen LogP contribution < -0.4 is 0 Å². The predicted octanol–water partition coefficient (Wildman–Crippen LogP) is 1.70. The summed E-state index contributed by atoms with van der Waals surface area (Å²) in [7, 11) is 0. The van der Waals surface area contributed by atoms with E-state index in [-0.39, 0.29) is 5.78 Å². The van der Waals surface area contributed by atoms with Crippen LogP contribution in [0.15, 0.2) is 10.6 Å². The summed E-state index contributed by atoms with van der Waals surface area (Å²) in [5.41, 5.74) is 0. The maximum absolute atomic E-state index is 10.9. The summed E-state index contributed by atoms with van der Waals surface area (Å²) in [6.45, 7) is 3.10. The van der Waals surface area contributed by atoms with E-state index >= 15 is 0 Å². The van der Waals surface area contributed by atoms with Crippen LogP contribution in [0.3, 0.4) is 0 Å². The summed E-state index contributed by atoms with van der Waals surface area (Å²) in [4.78, 5) is 15.1. The Bertz CT molecular complexity index is 339. The summed E-state index contributed by atoms with van der Waals surface area (Å²) in [6.07, 6.45) is 3.92. The van der Waals surface area contributed by atoms with Crippen molar-refractivity contribution in [2.24, 2.45) is 0 Å². The smallest absolute Gasteiger partial charge is 0.197 e. The van der Waals surface area contributed by atoms with Gasteiger partial charge in [0.25, 0.3) is 0 Å². The second-order valence-corrected chi connectivity index (χ2v) is 3.93. The highest BCUT2D eigenvalue weighted by molar-refractivity contribution is 5.77. The van der Waals surface area contributed by atoms with Gasteiger partial charge in [-0.15, -0.1) is 0 Å². The van der Waals surface area contributed by atoms with E-state index in [9.17, 15) is 4.79 Å². The van der Waals surface area contributed by atoms with E-state index in [0.717, 1.165) is 31.9 Å². The van der Waals surface area contributed by atoms with Crippen molar-refractivity contribution in [1.29, 1.82) is 0 Å². The van der Waals surface area contributed by atoms with Crippen LogP contribution in [-0.4, -0.2) is 24.0 Å². The second kappa shape index (κ2) is 4.57. The van der Waals surface area contributed by atoms with Gasteiger partial charge >= 0.3 is 0 Å². The molecule has 0 atom stereocenters. The van der Waals surface area contributed by atoms with E-state index in [4.69, 9.17) is 9.15 Å². The van der Waals surface area contributed by atoms with Crippen LogP contribution in [0.25, 0.3) is 0 Å². The fourth-order valence-corrected chi connectivity index (χ4v) is 1.78. The number of carbonyl (C=O) groups is 1. The van der Waals surface area contributed by atoms with Crippen molar-refractivity contribution >= 4 is 5.78 Å². The van der Waals surface area contributed by atoms with Crippen LogP contribution in [0.5, 0.6) is 0 Å². The minimum absolute atomic E-state index is 0.102. The number of ether oxygens (including phenoxy) is 1. The quantitative estimate of drug-likeness (QED) is 0.760. The zero-order valence-electron chi connectivity index (χ0n) is 8.86. The number of hydrogen-bond acceptors (Lipinski definition) is 4. The fourth-order valence-electron chi connectivity index (χ4n) is 1.78. The summed E-state index contributed by atoms with van der Waals surface area (Å²) in [6, 6.07) is 0. The number of aromatic nitrogens is 1. The first-order chi connectivity index (χ1) is 7.25. The Labute approximate surface area is 88.6 Å². The van der Waals surface area contributed by atoms with Gasteiger partial charge in [0.15, 0.2) is 5.89 Å². The van der Waals surface area contributed by atoms with E-state index in [1.54, 1.807) is 13.1 Å². The Kier molecular flexibility index (Phi) is 3.16. The molecule has 1 saturated heterocycles. The highest BCUT2D eigenvalue weighted by Crippen LogP contribution is 2.26. The number of Topliss-reactive ketones (excluding diaryl/α,β-unsaturated/α-hetero) is 1. The summed E-state index contributed by atoms with van der Waals surface area (Å²) in [5, 5.41) is 0. The van der Waals surface area contributed by atoms with Crippen LogP contribution in [0.1, 0.15) is 37.3 Å². The molecular formula is C11H15NO3. The van der Waals surface area contributed by atoms with E-state index in [0.29, 0.717) is 18.1 Å². The largest absolute Gasteiger partial charge is 0.445 e. The minimum Gasteiger partial charge on any atom is -0.445 e. The minimum atomic E-state index is 0.102. The predicted molar refractivity (Wildman–Crippen MR) is 53.7 cm³/mol. The van der Waals surface area contributed by atoms with Crippen LogP contribution in [0, 0.1) is 0 Å². The van der Waals surface area contributed by atoms with Crippen molar-refractivity contribution in [3.8, 4) is 0 Å². The van der Waals surface area contributed by atoms with Crippen molar-refractivity contribution in [3.63, 3.8) is 0 Å². The van der Waals surface area contributed by atoms with Gasteiger partial charge in [-0.05, 0) is 19.8 Å². The molecule has 0 spiro atoms. The summed E-state index contributed by atoms with van der Waals surface area (Å²) < 4.78 is 10.8. The molecule has 1 aliphatic rings. The van der Waals surface area contributed by atoms with Gasteiger partial charge in [-0.1, -0.05) is 0 Å². The van der Waals surface area contributed by atoms with E-state index in [1.165, 1.54) is 0 Å². The monoisotopic (exact) mass is 209 g/mol. The molecule has 0 aromatic carbocycles. The zero-order valence-corrected chi connectivity index (χ0v) is 8.86. The maximum atomic E-state index is 10.9. The lowest BCUT2D eigenvalue weighted by atomic mass is 10.0. The number of hydrogen-bond donors (Lipinski definition) is 0. The number of rotatable bonds is 3. The van der Waals surface area contributed by atoms with Crippen molar-refractivity contribution in [1.82, 2.24) is 4.98 Å². The molecule has 0 amide bonds. The molecule has 2 heterocycles. The van der Waals surface area contributed by atoms with Gasteiger partial charge in [0, 0.05) is 19.1 Å². The molecule has 2 rings (SSSR count). The molecule has 4 heteroatoms. The van der Waals surface area contributed by atoms with Gasteiger partial charge in [-0.25, -0.2) is 4.98 Å². The molecule has 4 nitrogen and oxygen atoms in total. The van der Waals surface area contributed by atoms with Crippen molar-refractivity contribution in [2.75, 3.05) is 13.2 Å². The molecule has 1 fully saturated rings. The van der Waals surface area contributed by atoms with E-state index < -0.39 is 0 Å². The van der Waals surface area contributed by atoms with Crippen LogP contribution in [-0.2, 0) is 16.0 Å². The van der Waals surface area contributed by atoms with Crippen LogP contribution in [0.4, 0.5) is 0 Å². The SMILES string of the molecule is CC(=O)Cc1cnc(C2CCOCC2)o1. The van der Waals surface area contributed by atoms with Gasteiger partial charge < -0.3 is 9.15 Å². The lowest BCUT2D eigenvalue weighted by Gasteiger charge is -2.18. The van der Waals surface area contributed by atoms with Crippen LogP contribution in [0.2, 0.25) is 0 Å². The first-order valence-corrected chi connectivity index (χ1v) is 5.27. The Balaban J connectivity index is 2.02. The van der Waals surface area contributed by atoms with Gasteiger partial charge in [0.05, 0.1) is 12.6 Å². The maximum Gasteiger partial charge on any atom is 0.197 e. The van der Waals surface area contributed by atoms with Crippen molar-refractivity contribution in [3.05, 3.63) is 17.8 Å². The molecule has 0 bridgehead atoms. The Morgan fingerprint density at radius 1 is 1.53 bits per heavy atom. The average molecular weight is 209 g/mol. The molecule has 0 N–H and O–H groups in total. The topological polar surface area (TPSA) is 52.3 Å². The third-order valence-corrected chi connectivity index (χ3v) is 2.57. The molecule has 1 aliphatic heterocycles. The average Bonchev–Trinajstić information content (AvgIpc) is 2.67. The first-order valence-electron chi connectivity index (χ1n) is 5.27. The van der Waals surface area contributed by atoms with Crippen LogP contribution >= 0.6 is 0 Å². The first kappa shape index (κ1) is 10.4. The van der Waals surface area contributed by atoms with Crippen molar-refractivity contribution in [2.45, 2.75) is 32.1 Å². The molecule has 0 unspecified atom stereocenters. The second-order valence-electron chi connectivity index (χ2n) is 3.93. The molecule has 1 aromatic heterocycles. The standard InChI is InChI=1S/C11H15NO3/c1-8(13)6-10-7-12-11(15-10)9-2-4-14-5-3-9/h7,9H,2-6H2,1H3. The molecular weight excluding hydrogens is 194 g/mol. The molecule has 0 radical (unpaired) electrons. The highest BCUT2D eigenvalue weighted by atomic mass is 16.5. The third-order valence-electron chi connectivity index (χ3n) is 2.57. The van der Waals surface area contributed by atoms with Gasteiger partial charge in [0.2, 0.25) is 0 Å². The fraction of sp³-hybridized carbons (Fsp3) is 0.636. The Morgan fingerprint density at radius 2 is 2.27 bits per heavy atom. The summed E-state index contributed by atoms with van der Waals surface area (Å²) in [5.74, 6) is 1.89. The molecule has 1 aromatic rings. The Morgan fingerprint density at radius 3 is 2.93 bits per heavy atom. The molecule has 0 saturated carbocycles. The number of ketones is 1. The zero-order chi connectivity index (χ0) is 10.7. The number of oxazole rings is 1. The normalized spacial score (nSPS) is 17.9. The molecule has 15 heavy (non-hydrogen) atoms. The summed E-state index contributed by atoms with van der Waals surface area (Å²) >= 11 is 0. The highest BCUT2D eigenvalue weighted by Gasteiger charge is 2.20. The van der Waals surface area contributed by atoms with Gasteiger partial charge in [-0.3, -0.25) is 4.79 Å². The van der Waals surface area contributed by atoms with Gasteiger partial charge in [-0.2, -0.15) is 0 Å². The number of nitrogens with zero attached hydrogens (tertiary/aromatic N) is 1. The lowest BCUT2D eigenvalue weighted by molar-refractivity contribution is -0.116. The van der Waals surface area contributed by atoms with Gasteiger partial charge in [0.1, 0.15) is 11.5 Å². The Hall–Kier alpha value is -1.16.